The Bertz CT molecular complexity index is 1130. The maximum absolute atomic E-state index is 12.4. The molecule has 2 atom stereocenters. The van der Waals surface area contributed by atoms with Gasteiger partial charge in [-0.1, -0.05) is 89.4 Å². The zero-order chi connectivity index (χ0) is 24.6. The Labute approximate surface area is 233 Å². The van der Waals surface area contributed by atoms with Crippen molar-refractivity contribution < 1.29 is 9.53 Å². The van der Waals surface area contributed by atoms with Crippen molar-refractivity contribution in [2.24, 2.45) is 0 Å². The summed E-state index contributed by atoms with van der Waals surface area (Å²) in [7, 11) is 0. The summed E-state index contributed by atoms with van der Waals surface area (Å²) in [6, 6.07) is 24.8. The van der Waals surface area contributed by atoms with E-state index in [0.29, 0.717) is 29.9 Å². The van der Waals surface area contributed by atoms with E-state index in [2.05, 4.69) is 5.32 Å². The molecule has 2 unspecified atom stereocenters. The van der Waals surface area contributed by atoms with Gasteiger partial charge in [0.05, 0.1) is 19.8 Å². The minimum atomic E-state index is -0.503. The Hall–Kier alpha value is -2.41. The lowest BCUT2D eigenvalue weighted by Gasteiger charge is -2.31. The molecule has 5 nitrogen and oxygen atoms in total. The molecule has 0 radical (unpaired) electrons. The topological polar surface area (TPSA) is 44.8 Å². The van der Waals surface area contributed by atoms with Gasteiger partial charge in [0.25, 0.3) is 0 Å². The summed E-state index contributed by atoms with van der Waals surface area (Å²) < 4.78 is 6.28. The Morgan fingerprint density at radius 1 is 0.889 bits per heavy atom. The van der Waals surface area contributed by atoms with Crippen LogP contribution in [0, 0.1) is 0 Å². The van der Waals surface area contributed by atoms with Crippen molar-refractivity contribution in [2.45, 2.75) is 24.8 Å². The first-order chi connectivity index (χ1) is 17.0. The van der Waals surface area contributed by atoms with Gasteiger partial charge in [-0.2, -0.15) is 0 Å². The van der Waals surface area contributed by atoms with Crippen molar-refractivity contribution >= 4 is 53.1 Å². The highest BCUT2D eigenvalue weighted by Crippen LogP contribution is 2.31. The molecule has 0 bridgehead atoms. The first kappa shape index (κ1) is 28.2. The Morgan fingerprint density at radius 3 is 2.19 bits per heavy atom. The van der Waals surface area contributed by atoms with Crippen LogP contribution in [0.25, 0.3) is 0 Å². The summed E-state index contributed by atoms with van der Waals surface area (Å²) in [5.41, 5.74) is 2.46. The molecule has 3 aromatic rings. The highest BCUT2D eigenvalue weighted by atomic mass is 35.5. The minimum Gasteiger partial charge on any atom is -0.365 e. The average Bonchev–Trinajstić information content (AvgIpc) is 3.34. The summed E-state index contributed by atoms with van der Waals surface area (Å²) >= 11 is 19.0. The molecule has 1 aliphatic heterocycles. The quantitative estimate of drug-likeness (QED) is 0.222. The normalized spacial score (nSPS) is 14.3. The standard InChI is InChI=1S/C27H26Cl3N3O2.ClH/c28-23-10-6-21(7-11-23)18-35-26(22-8-12-24(29)13-9-22)27(30)33-15-14-32(19-33)17-25(34)31-16-20-4-2-1-3-5-20;/h1-15,26-27H,16-19H2,(H,31,34);1H. The summed E-state index contributed by atoms with van der Waals surface area (Å²) in [6.07, 6.45) is 3.33. The maximum atomic E-state index is 12.4. The van der Waals surface area contributed by atoms with Crippen molar-refractivity contribution in [2.75, 3.05) is 13.2 Å². The number of benzene rings is 3. The molecule has 1 aliphatic rings. The molecule has 1 heterocycles. The van der Waals surface area contributed by atoms with Crippen molar-refractivity contribution in [3.05, 3.63) is 118 Å². The number of alkyl halides is 1. The first-order valence-corrected chi connectivity index (χ1v) is 12.4. The van der Waals surface area contributed by atoms with Crippen LogP contribution in [-0.4, -0.2) is 34.4 Å². The zero-order valence-corrected chi connectivity index (χ0v) is 22.5. The highest BCUT2D eigenvalue weighted by Gasteiger charge is 2.30. The third kappa shape index (κ3) is 8.05. The zero-order valence-electron chi connectivity index (χ0n) is 19.4. The second-order valence-electron chi connectivity index (χ2n) is 8.25. The van der Waals surface area contributed by atoms with Gasteiger partial charge < -0.3 is 19.9 Å². The van der Waals surface area contributed by atoms with E-state index in [1.54, 1.807) is 0 Å². The summed E-state index contributed by atoms with van der Waals surface area (Å²) in [4.78, 5) is 16.3. The first-order valence-electron chi connectivity index (χ1n) is 11.2. The number of hydrogen-bond donors (Lipinski definition) is 1. The lowest BCUT2D eigenvalue weighted by atomic mass is 10.1. The van der Waals surface area contributed by atoms with E-state index in [1.807, 2.05) is 101 Å². The summed E-state index contributed by atoms with van der Waals surface area (Å²) in [6.45, 7) is 1.58. The van der Waals surface area contributed by atoms with Gasteiger partial charge in [0.1, 0.15) is 11.6 Å². The molecule has 1 amide bonds. The number of nitrogens with zero attached hydrogens (tertiary/aromatic N) is 2. The van der Waals surface area contributed by atoms with E-state index in [4.69, 9.17) is 39.5 Å². The fraction of sp³-hybridized carbons (Fsp3) is 0.222. The van der Waals surface area contributed by atoms with E-state index < -0.39 is 11.6 Å². The fourth-order valence-electron chi connectivity index (χ4n) is 3.71. The lowest BCUT2D eigenvalue weighted by molar-refractivity contribution is -0.122. The molecular formula is C27H27Cl4N3O2. The highest BCUT2D eigenvalue weighted by molar-refractivity contribution is 6.30. The lowest BCUT2D eigenvalue weighted by Crippen LogP contribution is -2.39. The SMILES string of the molecule is Cl.O=C(CN1C=CN(C(Cl)C(OCc2ccc(Cl)cc2)c2ccc(Cl)cc2)C1)NCc1ccccc1. The Kier molecular flexibility index (Phi) is 10.8. The van der Waals surface area contributed by atoms with E-state index in [0.717, 1.165) is 16.7 Å². The number of amides is 1. The third-order valence-electron chi connectivity index (χ3n) is 5.60. The molecule has 1 N–H and O–H groups in total. The molecule has 0 aliphatic carbocycles. The number of rotatable bonds is 10. The van der Waals surface area contributed by atoms with Crippen LogP contribution >= 0.6 is 47.2 Å². The monoisotopic (exact) mass is 565 g/mol. The fourth-order valence-corrected chi connectivity index (χ4v) is 4.31. The van der Waals surface area contributed by atoms with Crippen molar-refractivity contribution in [3.63, 3.8) is 0 Å². The number of hydrogen-bond acceptors (Lipinski definition) is 4. The third-order valence-corrected chi connectivity index (χ3v) is 6.58. The van der Waals surface area contributed by atoms with Gasteiger partial charge in [0.15, 0.2) is 0 Å². The van der Waals surface area contributed by atoms with Crippen molar-refractivity contribution in [3.8, 4) is 0 Å². The molecule has 0 spiro atoms. The van der Waals surface area contributed by atoms with Gasteiger partial charge in [-0.15, -0.1) is 12.4 Å². The molecule has 0 fully saturated rings. The predicted molar refractivity (Wildman–Crippen MR) is 148 cm³/mol. The van der Waals surface area contributed by atoms with Gasteiger partial charge in [0, 0.05) is 29.0 Å². The summed E-state index contributed by atoms with van der Waals surface area (Å²) in [5.74, 6) is -0.0558. The second-order valence-corrected chi connectivity index (χ2v) is 9.57. The van der Waals surface area contributed by atoms with E-state index in [9.17, 15) is 4.79 Å². The van der Waals surface area contributed by atoms with Gasteiger partial charge >= 0.3 is 0 Å². The van der Waals surface area contributed by atoms with Crippen LogP contribution < -0.4 is 5.32 Å². The van der Waals surface area contributed by atoms with E-state index in [1.165, 1.54) is 0 Å². The van der Waals surface area contributed by atoms with Crippen LogP contribution in [0.3, 0.4) is 0 Å². The van der Waals surface area contributed by atoms with Gasteiger partial charge in [-0.3, -0.25) is 4.79 Å². The second kappa shape index (κ2) is 13.8. The van der Waals surface area contributed by atoms with E-state index in [-0.39, 0.29) is 24.9 Å². The molecule has 0 saturated carbocycles. The molecule has 0 saturated heterocycles. The van der Waals surface area contributed by atoms with E-state index >= 15 is 0 Å². The molecular weight excluding hydrogens is 540 g/mol. The largest absolute Gasteiger partial charge is 0.365 e. The van der Waals surface area contributed by atoms with Crippen molar-refractivity contribution in [1.82, 2.24) is 15.1 Å². The van der Waals surface area contributed by atoms with Crippen LogP contribution in [0.15, 0.2) is 91.3 Å². The van der Waals surface area contributed by atoms with Crippen molar-refractivity contribution in [1.29, 1.82) is 0 Å². The average molecular weight is 567 g/mol. The van der Waals surface area contributed by atoms with Gasteiger partial charge in [0.2, 0.25) is 5.91 Å². The molecule has 0 aromatic heterocycles. The van der Waals surface area contributed by atoms with Crippen LogP contribution in [0.4, 0.5) is 0 Å². The van der Waals surface area contributed by atoms with Gasteiger partial charge in [-0.25, -0.2) is 0 Å². The minimum absolute atomic E-state index is 0. The smallest absolute Gasteiger partial charge is 0.239 e. The predicted octanol–water partition coefficient (Wildman–Crippen LogP) is 6.60. The Balaban J connectivity index is 0.00000361. The number of nitrogens with one attached hydrogen (secondary N) is 1. The molecule has 9 heteroatoms. The Morgan fingerprint density at radius 2 is 1.53 bits per heavy atom. The molecule has 4 rings (SSSR count). The van der Waals surface area contributed by atoms with Crippen LogP contribution in [0.2, 0.25) is 10.0 Å². The number of carbonyl (C=O) groups is 1. The summed E-state index contributed by atoms with van der Waals surface area (Å²) in [5, 5.41) is 4.27. The molecule has 190 valence electrons. The molecule has 3 aromatic carbocycles. The molecule has 36 heavy (non-hydrogen) atoms. The van der Waals surface area contributed by atoms with Crippen LogP contribution in [0.5, 0.6) is 0 Å². The number of halogens is 4. The van der Waals surface area contributed by atoms with Gasteiger partial charge in [-0.05, 0) is 41.0 Å². The van der Waals surface area contributed by atoms with Crippen LogP contribution in [0.1, 0.15) is 22.8 Å². The van der Waals surface area contributed by atoms with Crippen LogP contribution in [-0.2, 0) is 22.7 Å². The maximum Gasteiger partial charge on any atom is 0.239 e. The number of carbonyl (C=O) groups excluding carboxylic acids is 1. The number of ether oxygens (including phenoxy) is 1.